The maximum absolute atomic E-state index is 4.51. The van der Waals surface area contributed by atoms with Crippen LogP contribution in [-0.4, -0.2) is 4.98 Å². The van der Waals surface area contributed by atoms with Crippen LogP contribution in [0.25, 0.3) is 0 Å². The van der Waals surface area contributed by atoms with E-state index in [-0.39, 0.29) is 0 Å². The van der Waals surface area contributed by atoms with Gasteiger partial charge in [0.05, 0.1) is 5.01 Å². The zero-order valence-corrected chi connectivity index (χ0v) is 12.0. The van der Waals surface area contributed by atoms with Crippen molar-refractivity contribution in [2.75, 3.05) is 0 Å². The van der Waals surface area contributed by atoms with Gasteiger partial charge in [0.15, 0.2) is 0 Å². The summed E-state index contributed by atoms with van der Waals surface area (Å²) in [6.45, 7) is 4.59. The molecule has 1 unspecified atom stereocenters. The van der Waals surface area contributed by atoms with Crippen molar-refractivity contribution >= 4 is 11.3 Å². The zero-order chi connectivity index (χ0) is 12.8. The highest BCUT2D eigenvalue weighted by atomic mass is 32.1. The molecule has 0 amide bonds. The molecule has 2 aromatic rings. The molecule has 1 heterocycles. The van der Waals surface area contributed by atoms with Gasteiger partial charge in [0.25, 0.3) is 0 Å². The Kier molecular flexibility index (Phi) is 4.94. The lowest BCUT2D eigenvalue weighted by atomic mass is 9.92. The fourth-order valence-corrected chi connectivity index (χ4v) is 3.06. The molecule has 0 saturated heterocycles. The maximum Gasteiger partial charge on any atom is 0.0999 e. The molecule has 2 rings (SSSR count). The van der Waals surface area contributed by atoms with E-state index in [0.29, 0.717) is 5.92 Å². The number of benzene rings is 1. The molecule has 2 heteroatoms. The largest absolute Gasteiger partial charge is 0.249 e. The van der Waals surface area contributed by atoms with Crippen LogP contribution in [0.5, 0.6) is 0 Å². The second-order valence-electron chi connectivity index (χ2n) is 5.16. The minimum absolute atomic E-state index is 0.477. The molecule has 0 saturated carbocycles. The first-order valence-electron chi connectivity index (χ1n) is 6.71. The summed E-state index contributed by atoms with van der Waals surface area (Å²) in [5.74, 6) is 1.27. The Balaban J connectivity index is 2.09. The van der Waals surface area contributed by atoms with Gasteiger partial charge in [0.2, 0.25) is 0 Å². The topological polar surface area (TPSA) is 12.9 Å². The monoisotopic (exact) mass is 259 g/mol. The van der Waals surface area contributed by atoms with E-state index in [9.17, 15) is 0 Å². The summed E-state index contributed by atoms with van der Waals surface area (Å²) in [6.07, 6.45) is 5.69. The van der Waals surface area contributed by atoms with Gasteiger partial charge in [-0.05, 0) is 17.9 Å². The molecule has 96 valence electrons. The van der Waals surface area contributed by atoms with Crippen molar-refractivity contribution in [2.24, 2.45) is 5.92 Å². The van der Waals surface area contributed by atoms with Gasteiger partial charge in [0.1, 0.15) is 0 Å². The summed E-state index contributed by atoms with van der Waals surface area (Å²) in [5.41, 5.74) is 1.40. The minimum atomic E-state index is 0.477. The summed E-state index contributed by atoms with van der Waals surface area (Å²) < 4.78 is 0. The molecule has 0 radical (unpaired) electrons. The van der Waals surface area contributed by atoms with Crippen molar-refractivity contribution in [3.8, 4) is 0 Å². The molecule has 0 N–H and O–H groups in total. The fourth-order valence-electron chi connectivity index (χ4n) is 2.25. The van der Waals surface area contributed by atoms with Gasteiger partial charge in [-0.2, -0.15) is 0 Å². The Morgan fingerprint density at radius 2 is 1.89 bits per heavy atom. The SMILES string of the molecule is CC(C)CCCC(c1ccccc1)c1nccs1. The van der Waals surface area contributed by atoms with Crippen molar-refractivity contribution in [1.29, 1.82) is 0 Å². The highest BCUT2D eigenvalue weighted by molar-refractivity contribution is 7.09. The third kappa shape index (κ3) is 3.67. The lowest BCUT2D eigenvalue weighted by Gasteiger charge is -2.15. The average molecular weight is 259 g/mol. The molecule has 18 heavy (non-hydrogen) atoms. The van der Waals surface area contributed by atoms with Crippen LogP contribution in [0.4, 0.5) is 0 Å². The van der Waals surface area contributed by atoms with Crippen LogP contribution in [0.1, 0.15) is 49.6 Å². The summed E-state index contributed by atoms with van der Waals surface area (Å²) in [7, 11) is 0. The van der Waals surface area contributed by atoms with E-state index in [0.717, 1.165) is 5.92 Å². The van der Waals surface area contributed by atoms with Gasteiger partial charge in [-0.1, -0.05) is 57.0 Å². The molecule has 0 aliphatic heterocycles. The summed E-state index contributed by atoms with van der Waals surface area (Å²) in [4.78, 5) is 4.51. The molecular formula is C16H21NS. The molecule has 1 aromatic carbocycles. The van der Waals surface area contributed by atoms with Crippen molar-refractivity contribution < 1.29 is 0 Å². The van der Waals surface area contributed by atoms with Crippen LogP contribution < -0.4 is 0 Å². The zero-order valence-electron chi connectivity index (χ0n) is 11.2. The van der Waals surface area contributed by atoms with Gasteiger partial charge in [0, 0.05) is 17.5 Å². The van der Waals surface area contributed by atoms with E-state index in [1.807, 2.05) is 6.20 Å². The smallest absolute Gasteiger partial charge is 0.0999 e. The number of hydrogen-bond acceptors (Lipinski definition) is 2. The van der Waals surface area contributed by atoms with Crippen LogP contribution in [0.2, 0.25) is 0 Å². The molecule has 0 spiro atoms. The van der Waals surface area contributed by atoms with Gasteiger partial charge in [-0.3, -0.25) is 0 Å². The van der Waals surface area contributed by atoms with Crippen LogP contribution in [0, 0.1) is 5.92 Å². The fraction of sp³-hybridized carbons (Fsp3) is 0.438. The molecule has 0 aliphatic rings. The van der Waals surface area contributed by atoms with Crippen molar-refractivity contribution in [3.05, 3.63) is 52.5 Å². The van der Waals surface area contributed by atoms with Crippen molar-refractivity contribution in [3.63, 3.8) is 0 Å². The maximum atomic E-state index is 4.51. The average Bonchev–Trinajstić information content (AvgIpc) is 2.89. The minimum Gasteiger partial charge on any atom is -0.249 e. The van der Waals surface area contributed by atoms with Crippen LogP contribution in [-0.2, 0) is 0 Å². The molecule has 1 aromatic heterocycles. The lowest BCUT2D eigenvalue weighted by molar-refractivity contribution is 0.520. The Morgan fingerprint density at radius 1 is 1.11 bits per heavy atom. The molecule has 0 fully saturated rings. The first-order chi connectivity index (χ1) is 8.77. The van der Waals surface area contributed by atoms with Crippen molar-refractivity contribution in [1.82, 2.24) is 4.98 Å². The number of thiazole rings is 1. The van der Waals surface area contributed by atoms with Gasteiger partial charge >= 0.3 is 0 Å². The summed E-state index contributed by atoms with van der Waals surface area (Å²) in [5, 5.41) is 3.33. The van der Waals surface area contributed by atoms with Gasteiger partial charge in [-0.15, -0.1) is 11.3 Å². The summed E-state index contributed by atoms with van der Waals surface area (Å²) >= 11 is 1.77. The normalized spacial score (nSPS) is 12.8. The molecule has 0 aliphatic carbocycles. The van der Waals surface area contributed by atoms with Gasteiger partial charge < -0.3 is 0 Å². The molecule has 1 atom stereocenters. The third-order valence-electron chi connectivity index (χ3n) is 3.23. The number of rotatable bonds is 6. The number of aromatic nitrogens is 1. The Bertz CT molecular complexity index is 433. The number of nitrogens with zero attached hydrogens (tertiary/aromatic N) is 1. The van der Waals surface area contributed by atoms with E-state index < -0.39 is 0 Å². The highest BCUT2D eigenvalue weighted by Crippen LogP contribution is 2.31. The molecule has 1 nitrogen and oxygen atoms in total. The second-order valence-corrected chi connectivity index (χ2v) is 6.08. The quantitative estimate of drug-likeness (QED) is 0.703. The van der Waals surface area contributed by atoms with Crippen LogP contribution >= 0.6 is 11.3 Å². The Morgan fingerprint density at radius 3 is 2.50 bits per heavy atom. The van der Waals surface area contributed by atoms with Crippen LogP contribution in [0.3, 0.4) is 0 Å². The Labute approximate surface area is 114 Å². The number of hydrogen-bond donors (Lipinski definition) is 0. The van der Waals surface area contributed by atoms with E-state index in [1.54, 1.807) is 11.3 Å². The van der Waals surface area contributed by atoms with Crippen LogP contribution in [0.15, 0.2) is 41.9 Å². The van der Waals surface area contributed by atoms with E-state index in [4.69, 9.17) is 0 Å². The third-order valence-corrected chi connectivity index (χ3v) is 4.11. The first-order valence-corrected chi connectivity index (χ1v) is 7.59. The van der Waals surface area contributed by atoms with E-state index in [1.165, 1.54) is 29.8 Å². The van der Waals surface area contributed by atoms with E-state index in [2.05, 4.69) is 54.5 Å². The van der Waals surface area contributed by atoms with Crippen molar-refractivity contribution in [2.45, 2.75) is 39.0 Å². The standard InChI is InChI=1S/C16H21NS/c1-13(2)7-6-10-15(16-17-11-12-18-16)14-8-4-3-5-9-14/h3-5,8-9,11-13,15H,6-7,10H2,1-2H3. The molecule has 0 bridgehead atoms. The second kappa shape index (κ2) is 6.69. The predicted octanol–water partition coefficient (Wildman–Crippen LogP) is 5.10. The summed E-state index contributed by atoms with van der Waals surface area (Å²) in [6, 6.07) is 10.8. The first kappa shape index (κ1) is 13.3. The molecular weight excluding hydrogens is 238 g/mol. The Hall–Kier alpha value is -1.15. The highest BCUT2D eigenvalue weighted by Gasteiger charge is 2.16. The van der Waals surface area contributed by atoms with E-state index >= 15 is 0 Å². The lowest BCUT2D eigenvalue weighted by Crippen LogP contribution is -2.01. The predicted molar refractivity (Wildman–Crippen MR) is 79.1 cm³/mol. The van der Waals surface area contributed by atoms with Gasteiger partial charge in [-0.25, -0.2) is 4.98 Å².